The van der Waals surface area contributed by atoms with E-state index in [-0.39, 0.29) is 6.61 Å². The van der Waals surface area contributed by atoms with Crippen LogP contribution in [0.4, 0.5) is 0 Å². The highest BCUT2D eigenvalue weighted by Gasteiger charge is 2.19. The van der Waals surface area contributed by atoms with Crippen LogP contribution in [0.3, 0.4) is 0 Å². The minimum absolute atomic E-state index is 0.120. The second-order valence-corrected chi connectivity index (χ2v) is 6.87. The molecule has 1 N–H and O–H groups in total. The van der Waals surface area contributed by atoms with Crippen molar-refractivity contribution in [1.29, 1.82) is 0 Å². The molecule has 0 amide bonds. The van der Waals surface area contributed by atoms with Gasteiger partial charge in [0.15, 0.2) is 6.10 Å². The van der Waals surface area contributed by atoms with Gasteiger partial charge in [0.2, 0.25) is 0 Å². The van der Waals surface area contributed by atoms with Crippen LogP contribution in [0.15, 0.2) is 57.7 Å². The molecule has 1 heterocycles. The van der Waals surface area contributed by atoms with Crippen molar-refractivity contribution in [2.24, 2.45) is 0 Å². The average Bonchev–Trinajstić information content (AvgIpc) is 2.65. The number of aliphatic hydroxyl groups is 1. The third kappa shape index (κ3) is 4.09. The number of aryl methyl sites for hydroxylation is 1. The lowest BCUT2D eigenvalue weighted by atomic mass is 9.95. The summed E-state index contributed by atoms with van der Waals surface area (Å²) in [6, 6.07) is 13.7. The number of hydrogen-bond acceptors (Lipinski definition) is 5. The van der Waals surface area contributed by atoms with Gasteiger partial charge in [0.1, 0.15) is 12.2 Å². The number of benzene rings is 2. The largest absolute Gasteiger partial charge is 0.459 e. The fourth-order valence-corrected chi connectivity index (χ4v) is 3.13. The summed E-state index contributed by atoms with van der Waals surface area (Å²) in [4.78, 5) is 24.1. The summed E-state index contributed by atoms with van der Waals surface area (Å²) >= 11 is 0. The predicted octanol–water partition coefficient (Wildman–Crippen LogP) is 4.00. The molecule has 0 aliphatic rings. The standard InChI is InChI=1S/C22H22O5/c1-13(2)17-11-18-16(10-20(23)27-19(18)9-14(17)3)12-26-22(25)21(24)15-7-5-4-6-8-15/h4-11,13,21,24H,12H2,1-3H3/t21-/m0/s1. The first-order chi connectivity index (χ1) is 12.9. The van der Waals surface area contributed by atoms with Crippen LogP contribution in [0, 0.1) is 6.92 Å². The molecule has 1 aromatic heterocycles. The molecule has 0 radical (unpaired) electrons. The maximum absolute atomic E-state index is 12.2. The maximum atomic E-state index is 12.2. The van der Waals surface area contributed by atoms with Gasteiger partial charge in [-0.25, -0.2) is 9.59 Å². The van der Waals surface area contributed by atoms with Gasteiger partial charge in [-0.05, 0) is 41.7 Å². The van der Waals surface area contributed by atoms with Crippen LogP contribution in [0.5, 0.6) is 0 Å². The molecule has 27 heavy (non-hydrogen) atoms. The Bertz CT molecular complexity index is 1020. The first kappa shape index (κ1) is 18.9. The van der Waals surface area contributed by atoms with Crippen molar-refractivity contribution in [3.05, 3.63) is 81.2 Å². The fourth-order valence-electron chi connectivity index (χ4n) is 3.13. The molecule has 5 heteroatoms. The second kappa shape index (κ2) is 7.76. The molecule has 0 spiro atoms. The van der Waals surface area contributed by atoms with E-state index in [1.54, 1.807) is 30.3 Å². The van der Waals surface area contributed by atoms with Crippen molar-refractivity contribution in [3.63, 3.8) is 0 Å². The van der Waals surface area contributed by atoms with E-state index < -0.39 is 17.7 Å². The van der Waals surface area contributed by atoms with Crippen molar-refractivity contribution >= 4 is 16.9 Å². The van der Waals surface area contributed by atoms with Crippen LogP contribution in [0.1, 0.15) is 48.1 Å². The zero-order valence-corrected chi connectivity index (χ0v) is 15.6. The Morgan fingerprint density at radius 1 is 1.15 bits per heavy atom. The van der Waals surface area contributed by atoms with Crippen LogP contribution in [-0.4, -0.2) is 11.1 Å². The number of aliphatic hydroxyl groups excluding tert-OH is 1. The summed E-state index contributed by atoms with van der Waals surface area (Å²) in [7, 11) is 0. The number of hydrogen-bond donors (Lipinski definition) is 1. The third-order valence-electron chi connectivity index (χ3n) is 4.55. The smallest absolute Gasteiger partial charge is 0.339 e. The molecule has 0 aliphatic heterocycles. The minimum Gasteiger partial charge on any atom is -0.459 e. The number of fused-ring (bicyclic) bond motifs is 1. The number of esters is 1. The Hall–Kier alpha value is -2.92. The molecule has 2 aromatic carbocycles. The lowest BCUT2D eigenvalue weighted by Crippen LogP contribution is -2.16. The Morgan fingerprint density at radius 2 is 1.85 bits per heavy atom. The van der Waals surface area contributed by atoms with Gasteiger partial charge >= 0.3 is 11.6 Å². The zero-order valence-electron chi connectivity index (χ0n) is 15.6. The molecule has 0 fully saturated rings. The Kier molecular flexibility index (Phi) is 5.42. The number of ether oxygens (including phenoxy) is 1. The average molecular weight is 366 g/mol. The molecule has 0 saturated carbocycles. The summed E-state index contributed by atoms with van der Waals surface area (Å²) in [6.07, 6.45) is -1.37. The molecule has 3 aromatic rings. The highest BCUT2D eigenvalue weighted by atomic mass is 16.5. The summed E-state index contributed by atoms with van der Waals surface area (Å²) in [6.45, 7) is 6.02. The highest BCUT2D eigenvalue weighted by Crippen LogP contribution is 2.27. The molecular formula is C22H22O5. The van der Waals surface area contributed by atoms with E-state index in [1.165, 1.54) is 6.07 Å². The van der Waals surface area contributed by atoms with Gasteiger partial charge < -0.3 is 14.3 Å². The Labute approximate surface area is 157 Å². The second-order valence-electron chi connectivity index (χ2n) is 6.87. The Morgan fingerprint density at radius 3 is 2.52 bits per heavy atom. The van der Waals surface area contributed by atoms with E-state index in [0.717, 1.165) is 16.5 Å². The van der Waals surface area contributed by atoms with Crippen molar-refractivity contribution < 1.29 is 19.1 Å². The van der Waals surface area contributed by atoms with Gasteiger partial charge in [-0.3, -0.25) is 0 Å². The van der Waals surface area contributed by atoms with Crippen molar-refractivity contribution in [2.45, 2.75) is 39.4 Å². The van der Waals surface area contributed by atoms with Crippen molar-refractivity contribution in [1.82, 2.24) is 0 Å². The summed E-state index contributed by atoms with van der Waals surface area (Å²) in [5.74, 6) is -0.463. The molecule has 1 atom stereocenters. The molecule has 140 valence electrons. The fraction of sp³-hybridized carbons (Fsp3) is 0.273. The summed E-state index contributed by atoms with van der Waals surface area (Å²) in [5, 5.41) is 10.9. The van der Waals surface area contributed by atoms with Crippen LogP contribution in [0.25, 0.3) is 11.0 Å². The normalized spacial score (nSPS) is 12.3. The topological polar surface area (TPSA) is 76.7 Å². The monoisotopic (exact) mass is 366 g/mol. The van der Waals surface area contributed by atoms with Crippen LogP contribution >= 0.6 is 0 Å². The van der Waals surface area contributed by atoms with Gasteiger partial charge in [-0.1, -0.05) is 44.2 Å². The van der Waals surface area contributed by atoms with E-state index in [4.69, 9.17) is 9.15 Å². The SMILES string of the molecule is Cc1cc2oc(=O)cc(COC(=O)[C@@H](O)c3ccccc3)c2cc1C(C)C. The van der Waals surface area contributed by atoms with Gasteiger partial charge in [0.25, 0.3) is 0 Å². The minimum atomic E-state index is -1.37. The van der Waals surface area contributed by atoms with E-state index in [0.29, 0.717) is 22.6 Å². The molecule has 5 nitrogen and oxygen atoms in total. The van der Waals surface area contributed by atoms with Crippen molar-refractivity contribution in [2.75, 3.05) is 0 Å². The Balaban J connectivity index is 1.89. The molecule has 0 unspecified atom stereocenters. The van der Waals surface area contributed by atoms with E-state index in [1.807, 2.05) is 19.1 Å². The van der Waals surface area contributed by atoms with Crippen molar-refractivity contribution in [3.8, 4) is 0 Å². The van der Waals surface area contributed by atoms with Gasteiger partial charge in [-0.2, -0.15) is 0 Å². The molecule has 3 rings (SSSR count). The maximum Gasteiger partial charge on any atom is 0.339 e. The predicted molar refractivity (Wildman–Crippen MR) is 103 cm³/mol. The molecular weight excluding hydrogens is 344 g/mol. The van der Waals surface area contributed by atoms with Crippen LogP contribution < -0.4 is 5.63 Å². The van der Waals surface area contributed by atoms with Gasteiger partial charge in [-0.15, -0.1) is 0 Å². The van der Waals surface area contributed by atoms with Crippen LogP contribution in [0.2, 0.25) is 0 Å². The van der Waals surface area contributed by atoms with Gasteiger partial charge in [0.05, 0.1) is 0 Å². The lowest BCUT2D eigenvalue weighted by Gasteiger charge is -2.14. The lowest BCUT2D eigenvalue weighted by molar-refractivity contribution is -0.155. The molecule has 0 aliphatic carbocycles. The van der Waals surface area contributed by atoms with E-state index in [9.17, 15) is 14.7 Å². The first-order valence-electron chi connectivity index (χ1n) is 8.83. The third-order valence-corrected chi connectivity index (χ3v) is 4.55. The number of carbonyl (C=O) groups is 1. The highest BCUT2D eigenvalue weighted by molar-refractivity contribution is 5.82. The first-order valence-corrected chi connectivity index (χ1v) is 8.83. The quantitative estimate of drug-likeness (QED) is 0.545. The number of carbonyl (C=O) groups excluding carboxylic acids is 1. The van der Waals surface area contributed by atoms with E-state index in [2.05, 4.69) is 13.8 Å². The summed E-state index contributed by atoms with van der Waals surface area (Å²) in [5.41, 5.74) is 3.13. The van der Waals surface area contributed by atoms with Crippen LogP contribution in [-0.2, 0) is 16.1 Å². The summed E-state index contributed by atoms with van der Waals surface area (Å²) < 4.78 is 10.6. The molecule has 0 saturated heterocycles. The zero-order chi connectivity index (χ0) is 19.6. The van der Waals surface area contributed by atoms with Gasteiger partial charge in [0, 0.05) is 17.0 Å². The van der Waals surface area contributed by atoms with E-state index >= 15 is 0 Å². The molecule has 0 bridgehead atoms. The number of rotatable bonds is 5.